The zero-order chi connectivity index (χ0) is 10.6. The fraction of sp³-hybridized carbons (Fsp3) is 0.714. The average Bonchev–Trinajstić information content (AvgIpc) is 1.96. The normalized spacial score (nSPS) is 13.6. The van der Waals surface area contributed by atoms with Crippen molar-refractivity contribution in [3.63, 3.8) is 0 Å². The summed E-state index contributed by atoms with van der Waals surface area (Å²) < 4.78 is 24.2. The van der Waals surface area contributed by atoms with Crippen LogP contribution < -0.4 is 5.32 Å². The van der Waals surface area contributed by atoms with Crippen molar-refractivity contribution in [2.45, 2.75) is 25.3 Å². The van der Waals surface area contributed by atoms with Gasteiger partial charge in [0, 0.05) is 0 Å². The van der Waals surface area contributed by atoms with Gasteiger partial charge in [-0.25, -0.2) is 0 Å². The highest BCUT2D eigenvalue weighted by molar-refractivity contribution is 6.32. The minimum Gasteiger partial charge on any atom is -0.334 e. The number of hydrogen-bond donors (Lipinski definition) is 1. The molecule has 0 saturated carbocycles. The molecule has 1 amide bonds. The predicted molar refractivity (Wildman–Crippen MR) is 43.2 cm³/mol. The third-order valence-electron chi connectivity index (χ3n) is 1.35. The van der Waals surface area contributed by atoms with E-state index in [0.29, 0.717) is 0 Å². The van der Waals surface area contributed by atoms with Crippen LogP contribution in [0.15, 0.2) is 0 Å². The molecule has 1 unspecified atom stereocenters. The lowest BCUT2D eigenvalue weighted by Crippen LogP contribution is -2.44. The Bertz CT molecular complexity index is 232. The molecule has 1 N–H and O–H groups in total. The lowest BCUT2D eigenvalue weighted by Gasteiger charge is -2.16. The molecule has 1 atom stereocenters. The van der Waals surface area contributed by atoms with Crippen LogP contribution in [0.4, 0.5) is 8.78 Å². The highest BCUT2D eigenvalue weighted by Crippen LogP contribution is 2.19. The van der Waals surface area contributed by atoms with Crippen molar-refractivity contribution in [2.24, 2.45) is 5.92 Å². The maximum Gasteiger partial charge on any atom is 0.399 e. The van der Waals surface area contributed by atoms with E-state index in [-0.39, 0.29) is 5.92 Å². The van der Waals surface area contributed by atoms with Gasteiger partial charge in [0.05, 0.1) is 6.07 Å². The first kappa shape index (κ1) is 12.1. The molecule has 0 bridgehead atoms. The number of carbonyl (C=O) groups is 1. The van der Waals surface area contributed by atoms with Gasteiger partial charge in [0.15, 0.2) is 0 Å². The van der Waals surface area contributed by atoms with E-state index in [4.69, 9.17) is 5.26 Å². The molecular formula is C7H9ClF2N2O. The molecule has 74 valence electrons. The second-order valence-corrected chi connectivity index (χ2v) is 3.30. The van der Waals surface area contributed by atoms with Crippen molar-refractivity contribution in [2.75, 3.05) is 0 Å². The van der Waals surface area contributed by atoms with Gasteiger partial charge in [-0.2, -0.15) is 14.0 Å². The lowest BCUT2D eigenvalue weighted by atomic mass is 10.1. The van der Waals surface area contributed by atoms with E-state index < -0.39 is 17.3 Å². The molecule has 0 spiro atoms. The van der Waals surface area contributed by atoms with Crippen LogP contribution >= 0.6 is 11.6 Å². The third kappa shape index (κ3) is 4.04. The van der Waals surface area contributed by atoms with Crippen LogP contribution in [0.5, 0.6) is 0 Å². The quantitative estimate of drug-likeness (QED) is 0.718. The van der Waals surface area contributed by atoms with E-state index in [0.717, 1.165) is 0 Å². The highest BCUT2D eigenvalue weighted by Gasteiger charge is 2.37. The molecule has 0 aliphatic rings. The van der Waals surface area contributed by atoms with Crippen LogP contribution in [0.2, 0.25) is 0 Å². The molecule has 6 heteroatoms. The first-order valence-corrected chi connectivity index (χ1v) is 3.94. The maximum atomic E-state index is 12.1. The Balaban J connectivity index is 4.29. The van der Waals surface area contributed by atoms with Crippen LogP contribution in [-0.2, 0) is 4.79 Å². The van der Waals surface area contributed by atoms with Crippen molar-refractivity contribution in [1.29, 1.82) is 5.26 Å². The zero-order valence-corrected chi connectivity index (χ0v) is 7.90. The number of halogens is 3. The summed E-state index contributed by atoms with van der Waals surface area (Å²) >= 11 is 4.43. The molecule has 0 aliphatic heterocycles. The average molecular weight is 211 g/mol. The minimum atomic E-state index is -3.95. The van der Waals surface area contributed by atoms with Crippen molar-refractivity contribution in [3.05, 3.63) is 0 Å². The van der Waals surface area contributed by atoms with Gasteiger partial charge in [-0.15, -0.1) is 0 Å². The second-order valence-electron chi connectivity index (χ2n) is 2.82. The molecule has 0 aromatic carbocycles. The summed E-state index contributed by atoms with van der Waals surface area (Å²) in [5.74, 6) is -1.89. The third-order valence-corrected chi connectivity index (χ3v) is 1.52. The number of hydrogen-bond acceptors (Lipinski definition) is 2. The number of rotatable bonds is 3. The van der Waals surface area contributed by atoms with Gasteiger partial charge < -0.3 is 5.32 Å². The van der Waals surface area contributed by atoms with Gasteiger partial charge in [0.2, 0.25) is 0 Å². The minimum absolute atomic E-state index is 0.243. The summed E-state index contributed by atoms with van der Waals surface area (Å²) in [4.78, 5) is 10.6. The number of nitriles is 1. The molecular weight excluding hydrogens is 202 g/mol. The largest absolute Gasteiger partial charge is 0.399 e. The summed E-state index contributed by atoms with van der Waals surface area (Å²) in [6.45, 7) is 3.25. The molecule has 0 aliphatic carbocycles. The summed E-state index contributed by atoms with van der Waals surface area (Å²) in [5.41, 5.74) is 0. The van der Waals surface area contributed by atoms with Gasteiger partial charge in [-0.1, -0.05) is 13.8 Å². The molecule has 0 radical (unpaired) electrons. The summed E-state index contributed by atoms with van der Waals surface area (Å²) in [6, 6.07) is 0.733. The number of nitrogens with one attached hydrogen (secondary N) is 1. The Morgan fingerprint density at radius 2 is 2.08 bits per heavy atom. The van der Waals surface area contributed by atoms with Crippen LogP contribution in [-0.4, -0.2) is 17.3 Å². The molecule has 0 fully saturated rings. The van der Waals surface area contributed by atoms with Crippen molar-refractivity contribution >= 4 is 17.5 Å². The van der Waals surface area contributed by atoms with Gasteiger partial charge in [0.1, 0.15) is 6.04 Å². The predicted octanol–water partition coefficient (Wildman–Crippen LogP) is 1.48. The van der Waals surface area contributed by atoms with Crippen LogP contribution in [0.1, 0.15) is 13.8 Å². The molecule has 0 saturated heterocycles. The Morgan fingerprint density at radius 1 is 1.62 bits per heavy atom. The smallest absolute Gasteiger partial charge is 0.334 e. The summed E-state index contributed by atoms with van der Waals surface area (Å²) in [7, 11) is 0. The molecule has 13 heavy (non-hydrogen) atoms. The van der Waals surface area contributed by atoms with Gasteiger partial charge >= 0.3 is 11.3 Å². The molecule has 0 aromatic rings. The highest BCUT2D eigenvalue weighted by atomic mass is 35.5. The molecule has 3 nitrogen and oxygen atoms in total. The van der Waals surface area contributed by atoms with E-state index in [1.165, 1.54) is 0 Å². The first-order valence-electron chi connectivity index (χ1n) is 3.56. The van der Waals surface area contributed by atoms with Gasteiger partial charge in [-0.05, 0) is 17.5 Å². The van der Waals surface area contributed by atoms with E-state index in [9.17, 15) is 13.6 Å². The number of amides is 1. The topological polar surface area (TPSA) is 52.9 Å². The molecule has 0 aromatic heterocycles. The number of alkyl halides is 3. The Hall–Kier alpha value is -0.890. The van der Waals surface area contributed by atoms with Crippen LogP contribution in [0.25, 0.3) is 0 Å². The molecule has 0 heterocycles. The summed E-state index contributed by atoms with van der Waals surface area (Å²) in [6.07, 6.45) is 0. The SMILES string of the molecule is CC(C)C(C#N)NC(=O)C(F)(F)Cl. The fourth-order valence-corrected chi connectivity index (χ4v) is 0.626. The zero-order valence-electron chi connectivity index (χ0n) is 7.14. The Kier molecular flexibility index (Phi) is 4.08. The standard InChI is InChI=1S/C7H9ClF2N2O/c1-4(2)5(3-11)12-6(13)7(8,9)10/h4-5H,1-2H3,(H,12,13). The van der Waals surface area contributed by atoms with Crippen molar-refractivity contribution < 1.29 is 13.6 Å². The van der Waals surface area contributed by atoms with E-state index in [1.807, 2.05) is 5.32 Å². The second kappa shape index (κ2) is 4.38. The van der Waals surface area contributed by atoms with Gasteiger partial charge in [-0.3, -0.25) is 4.79 Å². The number of nitrogens with zero attached hydrogens (tertiary/aromatic N) is 1. The molecule has 0 rings (SSSR count). The van der Waals surface area contributed by atoms with Crippen molar-refractivity contribution in [1.82, 2.24) is 5.32 Å². The number of carbonyl (C=O) groups excluding carboxylic acids is 1. The van der Waals surface area contributed by atoms with E-state index in [2.05, 4.69) is 11.6 Å². The Labute approximate surface area is 79.7 Å². The van der Waals surface area contributed by atoms with Crippen LogP contribution in [0, 0.1) is 17.2 Å². The first-order chi connectivity index (χ1) is 5.79. The fourth-order valence-electron chi connectivity index (χ4n) is 0.571. The van der Waals surface area contributed by atoms with Crippen molar-refractivity contribution in [3.8, 4) is 6.07 Å². The monoisotopic (exact) mass is 210 g/mol. The lowest BCUT2D eigenvalue weighted by molar-refractivity contribution is -0.136. The van der Waals surface area contributed by atoms with E-state index >= 15 is 0 Å². The Morgan fingerprint density at radius 3 is 2.31 bits per heavy atom. The van der Waals surface area contributed by atoms with Crippen LogP contribution in [0.3, 0.4) is 0 Å². The maximum absolute atomic E-state index is 12.1. The summed E-state index contributed by atoms with van der Waals surface area (Å²) in [5, 5.41) is 6.33. The van der Waals surface area contributed by atoms with E-state index in [1.54, 1.807) is 19.9 Å². The van der Waals surface area contributed by atoms with Gasteiger partial charge in [0.25, 0.3) is 0 Å².